The zero-order chi connectivity index (χ0) is 17.9. The molecule has 130 valence electrons. The number of benzene rings is 2. The maximum atomic E-state index is 12.9. The molecule has 2 heterocycles. The molecular weight excluding hydrogens is 332 g/mol. The molecule has 2 amide bonds. The van der Waals surface area contributed by atoms with Gasteiger partial charge in [0.05, 0.1) is 18.5 Å². The van der Waals surface area contributed by atoms with Gasteiger partial charge in [-0.3, -0.25) is 9.59 Å². The van der Waals surface area contributed by atoms with Crippen molar-refractivity contribution in [1.29, 1.82) is 0 Å². The summed E-state index contributed by atoms with van der Waals surface area (Å²) in [6, 6.07) is 17.5. The number of carbonyl (C=O) groups excluding carboxylic acids is 2. The number of rotatable bonds is 3. The van der Waals surface area contributed by atoms with Gasteiger partial charge in [-0.05, 0) is 48.5 Å². The van der Waals surface area contributed by atoms with Crippen LogP contribution in [0.1, 0.15) is 20.9 Å². The van der Waals surface area contributed by atoms with E-state index in [0.717, 1.165) is 5.69 Å². The number of anilines is 2. The van der Waals surface area contributed by atoms with Crippen molar-refractivity contribution in [3.8, 4) is 5.75 Å². The molecule has 4 rings (SSSR count). The highest BCUT2D eigenvalue weighted by molar-refractivity contribution is 6.07. The third-order valence-electron chi connectivity index (χ3n) is 4.11. The van der Waals surface area contributed by atoms with Gasteiger partial charge in [0, 0.05) is 11.3 Å². The zero-order valence-electron chi connectivity index (χ0n) is 13.8. The molecule has 3 aromatic rings. The van der Waals surface area contributed by atoms with Gasteiger partial charge in [-0.1, -0.05) is 12.1 Å². The summed E-state index contributed by atoms with van der Waals surface area (Å²) in [5, 5.41) is 2.73. The van der Waals surface area contributed by atoms with Crippen LogP contribution in [0.15, 0.2) is 71.3 Å². The molecule has 0 saturated carbocycles. The van der Waals surface area contributed by atoms with E-state index in [1.54, 1.807) is 41.3 Å². The predicted molar refractivity (Wildman–Crippen MR) is 96.7 cm³/mol. The molecule has 0 aliphatic carbocycles. The van der Waals surface area contributed by atoms with E-state index in [-0.39, 0.29) is 17.6 Å². The molecule has 0 unspecified atom stereocenters. The third kappa shape index (κ3) is 3.04. The van der Waals surface area contributed by atoms with Crippen LogP contribution in [0.3, 0.4) is 0 Å². The molecule has 6 nitrogen and oxygen atoms in total. The number of furan rings is 1. The second kappa shape index (κ2) is 6.76. The minimum Gasteiger partial charge on any atom is -0.490 e. The van der Waals surface area contributed by atoms with Crippen LogP contribution in [0.25, 0.3) is 0 Å². The topological polar surface area (TPSA) is 71.8 Å². The van der Waals surface area contributed by atoms with Gasteiger partial charge in [0.25, 0.3) is 11.8 Å². The van der Waals surface area contributed by atoms with Crippen LogP contribution < -0.4 is 15.0 Å². The summed E-state index contributed by atoms with van der Waals surface area (Å²) in [6.07, 6.45) is 1.44. The molecule has 0 saturated heterocycles. The van der Waals surface area contributed by atoms with Crippen molar-refractivity contribution >= 4 is 23.2 Å². The number of para-hydroxylation sites is 2. The van der Waals surface area contributed by atoms with Gasteiger partial charge < -0.3 is 19.4 Å². The average Bonchev–Trinajstić information content (AvgIpc) is 3.23. The second-order valence-electron chi connectivity index (χ2n) is 5.78. The van der Waals surface area contributed by atoms with Crippen molar-refractivity contribution < 1.29 is 18.7 Å². The monoisotopic (exact) mass is 348 g/mol. The molecule has 26 heavy (non-hydrogen) atoms. The second-order valence-corrected chi connectivity index (χ2v) is 5.78. The summed E-state index contributed by atoms with van der Waals surface area (Å²) in [7, 11) is 0. The highest BCUT2D eigenvalue weighted by atomic mass is 16.5. The van der Waals surface area contributed by atoms with Crippen molar-refractivity contribution in [3.05, 3.63) is 78.3 Å². The molecule has 0 bridgehead atoms. The van der Waals surface area contributed by atoms with Gasteiger partial charge >= 0.3 is 0 Å². The van der Waals surface area contributed by atoms with Crippen molar-refractivity contribution in [1.82, 2.24) is 0 Å². The van der Waals surface area contributed by atoms with Crippen LogP contribution in [0.5, 0.6) is 5.75 Å². The number of amides is 2. The van der Waals surface area contributed by atoms with E-state index >= 15 is 0 Å². The summed E-state index contributed by atoms with van der Waals surface area (Å²) in [6.45, 7) is 0.951. The summed E-state index contributed by atoms with van der Waals surface area (Å²) in [4.78, 5) is 26.5. The van der Waals surface area contributed by atoms with Gasteiger partial charge in [0.2, 0.25) is 0 Å². The predicted octanol–water partition coefficient (Wildman–Crippen LogP) is 3.57. The summed E-state index contributed by atoms with van der Waals surface area (Å²) >= 11 is 0. The van der Waals surface area contributed by atoms with E-state index < -0.39 is 0 Å². The lowest BCUT2D eigenvalue weighted by Gasteiger charge is -2.29. The Bertz CT molecular complexity index is 933. The molecule has 2 aromatic carbocycles. The number of hydrogen-bond donors (Lipinski definition) is 1. The van der Waals surface area contributed by atoms with Crippen LogP contribution in [-0.2, 0) is 0 Å². The lowest BCUT2D eigenvalue weighted by molar-refractivity contribution is 0.0975. The lowest BCUT2D eigenvalue weighted by atomic mass is 10.1. The van der Waals surface area contributed by atoms with E-state index in [4.69, 9.17) is 9.15 Å². The third-order valence-corrected chi connectivity index (χ3v) is 4.11. The number of fused-ring (bicyclic) bond motifs is 1. The van der Waals surface area contributed by atoms with Crippen LogP contribution in [0.4, 0.5) is 11.4 Å². The van der Waals surface area contributed by atoms with Crippen LogP contribution in [0, 0.1) is 0 Å². The van der Waals surface area contributed by atoms with Crippen LogP contribution in [0.2, 0.25) is 0 Å². The van der Waals surface area contributed by atoms with Crippen molar-refractivity contribution in [2.75, 3.05) is 23.4 Å². The number of carbonyl (C=O) groups is 2. The first kappa shape index (κ1) is 16.0. The maximum absolute atomic E-state index is 12.9. The van der Waals surface area contributed by atoms with Gasteiger partial charge in [-0.25, -0.2) is 0 Å². The van der Waals surface area contributed by atoms with Gasteiger partial charge in [-0.15, -0.1) is 0 Å². The Kier molecular flexibility index (Phi) is 4.15. The molecule has 1 aliphatic heterocycles. The molecule has 1 aliphatic rings. The highest BCUT2D eigenvalue weighted by Crippen LogP contribution is 2.32. The molecule has 0 fully saturated rings. The van der Waals surface area contributed by atoms with Crippen molar-refractivity contribution in [2.45, 2.75) is 0 Å². The Labute approximate surface area is 150 Å². The number of ether oxygens (including phenoxy) is 1. The molecular formula is C20H16N2O4. The average molecular weight is 348 g/mol. The quantitative estimate of drug-likeness (QED) is 0.785. The Morgan fingerprint density at radius 2 is 1.77 bits per heavy atom. The number of nitrogens with one attached hydrogen (secondary N) is 1. The van der Waals surface area contributed by atoms with Gasteiger partial charge in [-0.2, -0.15) is 0 Å². The Hall–Kier alpha value is -3.54. The standard InChI is InChI=1S/C20H16N2O4/c23-19(18-6-3-12-25-18)21-15-9-7-14(8-10-15)20(24)22-11-13-26-17-5-2-1-4-16(17)22/h1-10,12H,11,13H2,(H,21,23). The first-order chi connectivity index (χ1) is 12.7. The van der Waals surface area contributed by atoms with E-state index in [1.165, 1.54) is 6.26 Å². The first-order valence-corrected chi connectivity index (χ1v) is 8.21. The van der Waals surface area contributed by atoms with Gasteiger partial charge in [0.1, 0.15) is 12.4 Å². The maximum Gasteiger partial charge on any atom is 0.291 e. The largest absolute Gasteiger partial charge is 0.490 e. The Morgan fingerprint density at radius 3 is 2.54 bits per heavy atom. The first-order valence-electron chi connectivity index (χ1n) is 8.21. The number of nitrogens with zero attached hydrogens (tertiary/aromatic N) is 1. The SMILES string of the molecule is O=C(Nc1ccc(C(=O)N2CCOc3ccccc32)cc1)c1ccco1. The van der Waals surface area contributed by atoms with Crippen LogP contribution >= 0.6 is 0 Å². The fourth-order valence-corrected chi connectivity index (χ4v) is 2.83. The minimum absolute atomic E-state index is 0.107. The van der Waals surface area contributed by atoms with Crippen molar-refractivity contribution in [2.24, 2.45) is 0 Å². The van der Waals surface area contributed by atoms with Crippen LogP contribution in [-0.4, -0.2) is 25.0 Å². The summed E-state index contributed by atoms with van der Waals surface area (Å²) < 4.78 is 10.6. The fourth-order valence-electron chi connectivity index (χ4n) is 2.83. The molecule has 1 N–H and O–H groups in total. The van der Waals surface area contributed by atoms with Gasteiger partial charge in [0.15, 0.2) is 5.76 Å². The normalized spacial score (nSPS) is 12.8. The highest BCUT2D eigenvalue weighted by Gasteiger charge is 2.24. The number of hydrogen-bond acceptors (Lipinski definition) is 4. The van der Waals surface area contributed by atoms with E-state index in [1.807, 2.05) is 24.3 Å². The molecule has 1 aromatic heterocycles. The lowest BCUT2D eigenvalue weighted by Crippen LogP contribution is -2.37. The molecule has 0 atom stereocenters. The fraction of sp³-hybridized carbons (Fsp3) is 0.100. The van der Waals surface area contributed by atoms with Crippen molar-refractivity contribution in [3.63, 3.8) is 0 Å². The summed E-state index contributed by atoms with van der Waals surface area (Å²) in [5.74, 6) is 0.491. The zero-order valence-corrected chi connectivity index (χ0v) is 13.8. The van der Waals surface area contributed by atoms with E-state index in [0.29, 0.717) is 30.2 Å². The van der Waals surface area contributed by atoms with E-state index in [2.05, 4.69) is 5.32 Å². The Morgan fingerprint density at radius 1 is 0.962 bits per heavy atom. The Balaban J connectivity index is 1.50. The van der Waals surface area contributed by atoms with E-state index in [9.17, 15) is 9.59 Å². The smallest absolute Gasteiger partial charge is 0.291 e. The molecule has 0 radical (unpaired) electrons. The molecule has 6 heteroatoms. The summed E-state index contributed by atoms with van der Waals surface area (Å²) in [5.41, 5.74) is 1.89. The minimum atomic E-state index is -0.337. The molecule has 0 spiro atoms.